The lowest BCUT2D eigenvalue weighted by Crippen LogP contribution is -2.27. The van der Waals surface area contributed by atoms with E-state index in [2.05, 4.69) is 10.4 Å². The van der Waals surface area contributed by atoms with Gasteiger partial charge in [-0.25, -0.2) is 9.48 Å². The summed E-state index contributed by atoms with van der Waals surface area (Å²) >= 11 is 1.55. The van der Waals surface area contributed by atoms with Crippen molar-refractivity contribution in [2.24, 2.45) is 0 Å². The zero-order valence-corrected chi connectivity index (χ0v) is 15.5. The molecule has 1 aliphatic rings. The minimum absolute atomic E-state index is 0.0308. The van der Waals surface area contributed by atoms with E-state index < -0.39 is 0 Å². The van der Waals surface area contributed by atoms with Crippen LogP contribution in [0.15, 0.2) is 30.5 Å². The normalized spacial score (nSPS) is 17.4. The number of anilines is 1. The third-order valence-corrected chi connectivity index (χ3v) is 5.28. The van der Waals surface area contributed by atoms with E-state index in [0.29, 0.717) is 11.3 Å². The molecular formula is C18H21N3O3S. The zero-order chi connectivity index (χ0) is 18.2. The Morgan fingerprint density at radius 2 is 2.00 bits per heavy atom. The molecule has 6 nitrogen and oxygen atoms in total. The molecule has 2 heterocycles. The van der Waals surface area contributed by atoms with Crippen molar-refractivity contribution in [3.8, 4) is 0 Å². The highest BCUT2D eigenvalue weighted by Gasteiger charge is 2.30. The van der Waals surface area contributed by atoms with Gasteiger partial charge >= 0.3 is 5.97 Å². The minimum atomic E-state index is -0.363. The fourth-order valence-electron chi connectivity index (χ4n) is 2.79. The summed E-state index contributed by atoms with van der Waals surface area (Å²) in [6, 6.07) is 7.29. The topological polar surface area (TPSA) is 73.2 Å². The third kappa shape index (κ3) is 3.42. The minimum Gasteiger partial charge on any atom is -0.465 e. The molecule has 0 bridgehead atoms. The van der Waals surface area contributed by atoms with Gasteiger partial charge < -0.3 is 10.1 Å². The van der Waals surface area contributed by atoms with Gasteiger partial charge in [0, 0.05) is 5.56 Å². The number of amides is 1. The first-order chi connectivity index (χ1) is 11.8. The molecule has 1 aliphatic heterocycles. The Kier molecular flexibility index (Phi) is 4.60. The number of aromatic nitrogens is 2. The fourth-order valence-corrected chi connectivity index (χ4v) is 3.88. The molecule has 1 N–H and O–H groups in total. The molecule has 2 aromatic rings. The number of ether oxygens (including phenoxy) is 1. The largest absolute Gasteiger partial charge is 0.465 e. The summed E-state index contributed by atoms with van der Waals surface area (Å²) < 4.78 is 6.59. The summed E-state index contributed by atoms with van der Waals surface area (Å²) in [6.07, 6.45) is 1.82. The van der Waals surface area contributed by atoms with Crippen LogP contribution in [0.2, 0.25) is 0 Å². The SMILES string of the molecule is COC(=O)c1ccc([C@@H]2SCC(=O)Nc3c2cnn3C(C)(C)C)cc1. The van der Waals surface area contributed by atoms with Crippen LogP contribution < -0.4 is 5.32 Å². The van der Waals surface area contributed by atoms with Crippen molar-refractivity contribution in [3.63, 3.8) is 0 Å². The van der Waals surface area contributed by atoms with E-state index in [9.17, 15) is 9.59 Å². The Morgan fingerprint density at radius 1 is 1.32 bits per heavy atom. The molecule has 1 aromatic carbocycles. The number of nitrogens with zero attached hydrogens (tertiary/aromatic N) is 2. The van der Waals surface area contributed by atoms with Crippen LogP contribution in [0.1, 0.15) is 47.5 Å². The highest BCUT2D eigenvalue weighted by Crippen LogP contribution is 2.42. The summed E-state index contributed by atoms with van der Waals surface area (Å²) in [5.41, 5.74) is 2.25. The maximum absolute atomic E-state index is 12.1. The molecular weight excluding hydrogens is 338 g/mol. The Balaban J connectivity index is 2.02. The second kappa shape index (κ2) is 6.55. The molecule has 0 saturated carbocycles. The smallest absolute Gasteiger partial charge is 0.337 e. The standard InChI is InChI=1S/C18H21N3O3S/c1-18(2,3)21-16-13(9-19-21)15(25-10-14(22)20-16)11-5-7-12(8-6-11)17(23)24-4/h5-9,15H,10H2,1-4H3,(H,20,22)/t15-/m0/s1. The van der Waals surface area contributed by atoms with E-state index in [1.807, 2.05) is 43.8 Å². The van der Waals surface area contributed by atoms with Crippen LogP contribution in [0.25, 0.3) is 0 Å². The van der Waals surface area contributed by atoms with Crippen molar-refractivity contribution in [2.75, 3.05) is 18.2 Å². The average molecular weight is 359 g/mol. The second-order valence-corrected chi connectivity index (χ2v) is 7.98. The van der Waals surface area contributed by atoms with Crippen LogP contribution in [0.3, 0.4) is 0 Å². The van der Waals surface area contributed by atoms with Crippen LogP contribution in [0, 0.1) is 0 Å². The maximum Gasteiger partial charge on any atom is 0.337 e. The fraction of sp³-hybridized carbons (Fsp3) is 0.389. The predicted octanol–water partition coefficient (Wildman–Crippen LogP) is 3.20. The molecule has 0 spiro atoms. The third-order valence-electron chi connectivity index (χ3n) is 3.99. The number of benzene rings is 1. The van der Waals surface area contributed by atoms with E-state index in [1.165, 1.54) is 7.11 Å². The number of hydrogen-bond donors (Lipinski definition) is 1. The van der Waals surface area contributed by atoms with Crippen molar-refractivity contribution in [1.29, 1.82) is 0 Å². The van der Waals surface area contributed by atoms with Crippen molar-refractivity contribution in [2.45, 2.75) is 31.6 Å². The van der Waals surface area contributed by atoms with Gasteiger partial charge in [0.25, 0.3) is 0 Å². The summed E-state index contributed by atoms with van der Waals surface area (Å²) in [5, 5.41) is 7.45. The molecule has 1 aromatic heterocycles. The molecule has 132 valence electrons. The molecule has 0 fully saturated rings. The van der Waals surface area contributed by atoms with E-state index in [0.717, 1.165) is 16.9 Å². The lowest BCUT2D eigenvalue weighted by molar-refractivity contribution is -0.113. The molecule has 25 heavy (non-hydrogen) atoms. The van der Waals surface area contributed by atoms with Gasteiger partial charge in [0.2, 0.25) is 5.91 Å². The average Bonchev–Trinajstić information content (AvgIpc) is 2.91. The quantitative estimate of drug-likeness (QED) is 0.834. The van der Waals surface area contributed by atoms with Gasteiger partial charge in [-0.2, -0.15) is 5.10 Å². The highest BCUT2D eigenvalue weighted by atomic mass is 32.2. The number of methoxy groups -OCH3 is 1. The van der Waals surface area contributed by atoms with E-state index in [1.54, 1.807) is 23.9 Å². The first-order valence-corrected chi connectivity index (χ1v) is 9.04. The van der Waals surface area contributed by atoms with Crippen LogP contribution in [-0.4, -0.2) is 34.5 Å². The van der Waals surface area contributed by atoms with E-state index in [-0.39, 0.29) is 22.7 Å². The van der Waals surface area contributed by atoms with Crippen molar-refractivity contribution in [3.05, 3.63) is 47.2 Å². The highest BCUT2D eigenvalue weighted by molar-refractivity contribution is 8.00. The Labute approximate surface area is 150 Å². The van der Waals surface area contributed by atoms with Crippen molar-refractivity contribution >= 4 is 29.5 Å². The molecule has 1 amide bonds. The monoisotopic (exact) mass is 359 g/mol. The number of fused-ring (bicyclic) bond motifs is 1. The summed E-state index contributed by atoms with van der Waals surface area (Å²) in [5.74, 6) is 0.705. The second-order valence-electron chi connectivity index (χ2n) is 6.88. The number of esters is 1. The molecule has 7 heteroatoms. The number of rotatable bonds is 2. The number of carbonyl (C=O) groups is 2. The van der Waals surface area contributed by atoms with Gasteiger partial charge in [-0.3, -0.25) is 4.79 Å². The molecule has 3 rings (SSSR count). The van der Waals surface area contributed by atoms with Crippen molar-refractivity contribution < 1.29 is 14.3 Å². The Bertz CT molecular complexity index is 806. The molecule has 0 saturated heterocycles. The predicted molar refractivity (Wildman–Crippen MR) is 97.9 cm³/mol. The van der Waals surface area contributed by atoms with Crippen LogP contribution in [-0.2, 0) is 15.1 Å². The number of nitrogens with one attached hydrogen (secondary N) is 1. The first-order valence-electron chi connectivity index (χ1n) is 7.99. The Morgan fingerprint density at radius 3 is 2.60 bits per heavy atom. The summed E-state index contributed by atoms with van der Waals surface area (Å²) in [4.78, 5) is 23.8. The van der Waals surface area contributed by atoms with E-state index >= 15 is 0 Å². The van der Waals surface area contributed by atoms with Gasteiger partial charge in [0.1, 0.15) is 5.82 Å². The van der Waals surface area contributed by atoms with Gasteiger partial charge in [-0.1, -0.05) is 12.1 Å². The van der Waals surface area contributed by atoms with Gasteiger partial charge in [0.05, 0.1) is 35.4 Å². The maximum atomic E-state index is 12.1. The van der Waals surface area contributed by atoms with Crippen LogP contribution >= 0.6 is 11.8 Å². The molecule has 0 aliphatic carbocycles. The van der Waals surface area contributed by atoms with Gasteiger partial charge in [0.15, 0.2) is 0 Å². The molecule has 0 radical (unpaired) electrons. The Hall–Kier alpha value is -2.28. The van der Waals surface area contributed by atoms with Gasteiger partial charge in [-0.05, 0) is 38.5 Å². The zero-order valence-electron chi connectivity index (χ0n) is 14.7. The lowest BCUT2D eigenvalue weighted by Gasteiger charge is -2.23. The number of thioether (sulfide) groups is 1. The molecule has 0 unspecified atom stereocenters. The summed E-state index contributed by atoms with van der Waals surface area (Å²) in [7, 11) is 1.36. The van der Waals surface area contributed by atoms with Crippen LogP contribution in [0.5, 0.6) is 0 Å². The number of hydrogen-bond acceptors (Lipinski definition) is 5. The number of carbonyl (C=O) groups excluding carboxylic acids is 2. The molecule has 1 atom stereocenters. The van der Waals surface area contributed by atoms with Gasteiger partial charge in [-0.15, -0.1) is 11.8 Å². The van der Waals surface area contributed by atoms with Crippen molar-refractivity contribution in [1.82, 2.24) is 9.78 Å². The summed E-state index contributed by atoms with van der Waals surface area (Å²) in [6.45, 7) is 6.14. The lowest BCUT2D eigenvalue weighted by atomic mass is 10.0. The van der Waals surface area contributed by atoms with E-state index in [4.69, 9.17) is 4.74 Å². The first kappa shape index (κ1) is 17.5. The van der Waals surface area contributed by atoms with Crippen LogP contribution in [0.4, 0.5) is 5.82 Å².